The molecule has 1 aliphatic rings. The van der Waals surface area contributed by atoms with Gasteiger partial charge in [0.1, 0.15) is 12.4 Å². The summed E-state index contributed by atoms with van der Waals surface area (Å²) < 4.78 is 19.8. The van der Waals surface area contributed by atoms with Gasteiger partial charge in [-0.2, -0.15) is 9.37 Å². The van der Waals surface area contributed by atoms with Crippen LogP contribution in [0.2, 0.25) is 0 Å². The molecule has 1 atom stereocenters. The molecule has 0 spiro atoms. The highest BCUT2D eigenvalue weighted by atomic mass is 32.1. The van der Waals surface area contributed by atoms with Crippen molar-refractivity contribution in [1.82, 2.24) is 14.9 Å². The van der Waals surface area contributed by atoms with E-state index in [4.69, 9.17) is 4.74 Å². The maximum atomic E-state index is 14.1. The van der Waals surface area contributed by atoms with E-state index in [1.807, 2.05) is 24.4 Å². The maximum Gasteiger partial charge on any atom is 0.254 e. The number of aryl methyl sites for hydroxylation is 1. The summed E-state index contributed by atoms with van der Waals surface area (Å²) in [5.74, 6) is -0.607. The van der Waals surface area contributed by atoms with E-state index >= 15 is 0 Å². The molecule has 0 bridgehead atoms. The van der Waals surface area contributed by atoms with Gasteiger partial charge in [0.05, 0.1) is 12.2 Å². The summed E-state index contributed by atoms with van der Waals surface area (Å²) in [6, 6.07) is 3.89. The van der Waals surface area contributed by atoms with Crippen LogP contribution in [0.4, 0.5) is 4.39 Å². The molecule has 1 saturated heterocycles. The third-order valence-electron chi connectivity index (χ3n) is 3.83. The fraction of sp³-hybridized carbons (Fsp3) is 0.353. The fourth-order valence-corrected chi connectivity index (χ4v) is 3.16. The Morgan fingerprint density at radius 1 is 1.54 bits per heavy atom. The Hall–Kier alpha value is -2.28. The number of carbonyl (C=O) groups is 1. The Morgan fingerprint density at radius 3 is 3.17 bits per heavy atom. The number of likely N-dealkylation sites (tertiary alicyclic amines) is 1. The Kier molecular flexibility index (Phi) is 5.20. The first-order chi connectivity index (χ1) is 11.7. The SMILES string of the molecule is CCc1ncnc(OC2CCN(C(=O)/C=C/c3cccs3)C2)c1F. The molecule has 1 aliphatic heterocycles. The van der Waals surface area contributed by atoms with Gasteiger partial charge < -0.3 is 9.64 Å². The summed E-state index contributed by atoms with van der Waals surface area (Å²) in [4.78, 5) is 22.7. The molecule has 0 N–H and O–H groups in total. The van der Waals surface area contributed by atoms with Crippen molar-refractivity contribution in [2.75, 3.05) is 13.1 Å². The molecule has 2 aromatic rings. The minimum Gasteiger partial charge on any atom is -0.470 e. The molecule has 0 aliphatic carbocycles. The number of aromatic nitrogens is 2. The molecule has 0 radical (unpaired) electrons. The molecule has 126 valence electrons. The molecule has 2 aromatic heterocycles. The first kappa shape index (κ1) is 16.6. The zero-order valence-electron chi connectivity index (χ0n) is 13.3. The molecule has 1 amide bonds. The zero-order valence-corrected chi connectivity index (χ0v) is 14.1. The van der Waals surface area contributed by atoms with Crippen molar-refractivity contribution < 1.29 is 13.9 Å². The number of hydrogen-bond acceptors (Lipinski definition) is 5. The number of hydrogen-bond donors (Lipinski definition) is 0. The first-order valence-corrected chi connectivity index (χ1v) is 8.72. The van der Waals surface area contributed by atoms with E-state index in [2.05, 4.69) is 9.97 Å². The number of rotatable bonds is 5. The van der Waals surface area contributed by atoms with Crippen molar-refractivity contribution in [2.45, 2.75) is 25.9 Å². The lowest BCUT2D eigenvalue weighted by Gasteiger charge is -2.15. The minimum absolute atomic E-state index is 0.0322. The van der Waals surface area contributed by atoms with Gasteiger partial charge in [-0.15, -0.1) is 11.3 Å². The molecular formula is C17H18FN3O2S. The molecule has 0 aromatic carbocycles. The van der Waals surface area contributed by atoms with E-state index in [-0.39, 0.29) is 17.9 Å². The lowest BCUT2D eigenvalue weighted by molar-refractivity contribution is -0.125. The summed E-state index contributed by atoms with van der Waals surface area (Å²) >= 11 is 1.58. The topological polar surface area (TPSA) is 55.3 Å². The molecule has 1 fully saturated rings. The Bertz CT molecular complexity index is 733. The Labute approximate surface area is 143 Å². The normalized spacial score (nSPS) is 17.6. The third-order valence-corrected chi connectivity index (χ3v) is 4.67. The van der Waals surface area contributed by atoms with Gasteiger partial charge in [-0.1, -0.05) is 13.0 Å². The van der Waals surface area contributed by atoms with Crippen LogP contribution in [0.15, 0.2) is 29.9 Å². The third kappa shape index (κ3) is 3.79. The highest BCUT2D eigenvalue weighted by Gasteiger charge is 2.28. The van der Waals surface area contributed by atoms with Crippen molar-refractivity contribution in [3.63, 3.8) is 0 Å². The van der Waals surface area contributed by atoms with Crippen LogP contribution in [0, 0.1) is 5.82 Å². The second-order valence-electron chi connectivity index (χ2n) is 5.45. The van der Waals surface area contributed by atoms with E-state index in [9.17, 15) is 9.18 Å². The van der Waals surface area contributed by atoms with Crippen LogP contribution in [0.25, 0.3) is 6.08 Å². The van der Waals surface area contributed by atoms with Gasteiger partial charge in [0.2, 0.25) is 11.7 Å². The fourth-order valence-electron chi connectivity index (χ4n) is 2.54. The monoisotopic (exact) mass is 347 g/mol. The van der Waals surface area contributed by atoms with Crippen LogP contribution < -0.4 is 4.74 Å². The quantitative estimate of drug-likeness (QED) is 0.781. The number of carbonyl (C=O) groups excluding carboxylic acids is 1. The number of thiophene rings is 1. The number of ether oxygens (including phenoxy) is 1. The molecule has 3 heterocycles. The van der Waals surface area contributed by atoms with Crippen LogP contribution in [0.3, 0.4) is 0 Å². The molecule has 24 heavy (non-hydrogen) atoms. The minimum atomic E-state index is -0.512. The van der Waals surface area contributed by atoms with Gasteiger partial charge in [-0.05, 0) is 23.9 Å². The smallest absolute Gasteiger partial charge is 0.254 e. The first-order valence-electron chi connectivity index (χ1n) is 7.84. The van der Waals surface area contributed by atoms with Crippen molar-refractivity contribution in [3.8, 4) is 5.88 Å². The van der Waals surface area contributed by atoms with E-state index in [1.54, 1.807) is 28.4 Å². The summed E-state index contributed by atoms with van der Waals surface area (Å²) in [7, 11) is 0. The van der Waals surface area contributed by atoms with Gasteiger partial charge in [-0.3, -0.25) is 4.79 Å². The standard InChI is InChI=1S/C17H18FN3O2S/c1-2-14-16(18)17(20-11-19-14)23-12-7-8-21(10-12)15(22)6-5-13-4-3-9-24-13/h3-6,9,11-12H,2,7-8,10H2,1H3/b6-5+. The maximum absolute atomic E-state index is 14.1. The van der Waals surface area contributed by atoms with Crippen molar-refractivity contribution in [3.05, 3.63) is 46.3 Å². The van der Waals surface area contributed by atoms with Crippen LogP contribution in [-0.2, 0) is 11.2 Å². The van der Waals surface area contributed by atoms with Crippen molar-refractivity contribution in [1.29, 1.82) is 0 Å². The van der Waals surface area contributed by atoms with Crippen LogP contribution in [0.1, 0.15) is 23.9 Å². The number of halogens is 1. The van der Waals surface area contributed by atoms with Crippen molar-refractivity contribution >= 4 is 23.3 Å². The summed E-state index contributed by atoms with van der Waals surface area (Å²) in [6.45, 7) is 2.84. The van der Waals surface area contributed by atoms with Gasteiger partial charge in [0, 0.05) is 23.9 Å². The van der Waals surface area contributed by atoms with Crippen LogP contribution in [0.5, 0.6) is 5.88 Å². The van der Waals surface area contributed by atoms with Crippen LogP contribution in [-0.4, -0.2) is 40.0 Å². The largest absolute Gasteiger partial charge is 0.470 e. The van der Waals surface area contributed by atoms with E-state index in [1.165, 1.54) is 6.33 Å². The van der Waals surface area contributed by atoms with Gasteiger partial charge in [0.25, 0.3) is 5.88 Å². The van der Waals surface area contributed by atoms with E-state index < -0.39 is 5.82 Å². The second kappa shape index (κ2) is 7.53. The van der Waals surface area contributed by atoms with Gasteiger partial charge in [-0.25, -0.2) is 4.98 Å². The highest BCUT2D eigenvalue weighted by Crippen LogP contribution is 2.21. The molecule has 5 nitrogen and oxygen atoms in total. The van der Waals surface area contributed by atoms with Crippen molar-refractivity contribution in [2.24, 2.45) is 0 Å². The lowest BCUT2D eigenvalue weighted by atomic mass is 10.3. The molecular weight excluding hydrogens is 329 g/mol. The Morgan fingerprint density at radius 2 is 2.42 bits per heavy atom. The van der Waals surface area contributed by atoms with Gasteiger partial charge >= 0.3 is 0 Å². The number of nitrogens with zero attached hydrogens (tertiary/aromatic N) is 3. The summed E-state index contributed by atoms with van der Waals surface area (Å²) in [6.07, 6.45) is 5.56. The average molecular weight is 347 g/mol. The highest BCUT2D eigenvalue weighted by molar-refractivity contribution is 7.10. The average Bonchev–Trinajstić information content (AvgIpc) is 3.26. The Balaban J connectivity index is 1.58. The predicted molar refractivity (Wildman–Crippen MR) is 90.3 cm³/mol. The predicted octanol–water partition coefficient (Wildman–Crippen LogP) is 2.93. The molecule has 3 rings (SSSR count). The van der Waals surface area contributed by atoms with E-state index in [0.29, 0.717) is 31.6 Å². The zero-order chi connectivity index (χ0) is 16.9. The lowest BCUT2D eigenvalue weighted by Crippen LogP contribution is -2.29. The molecule has 7 heteroatoms. The molecule has 0 saturated carbocycles. The second-order valence-corrected chi connectivity index (χ2v) is 6.43. The summed E-state index contributed by atoms with van der Waals surface area (Å²) in [5.41, 5.74) is 0.338. The summed E-state index contributed by atoms with van der Waals surface area (Å²) in [5, 5.41) is 1.96. The molecule has 1 unspecified atom stereocenters. The van der Waals surface area contributed by atoms with E-state index in [0.717, 1.165) is 4.88 Å². The van der Waals surface area contributed by atoms with Crippen LogP contribution >= 0.6 is 11.3 Å². The number of amides is 1. The van der Waals surface area contributed by atoms with Gasteiger partial charge in [0.15, 0.2) is 0 Å².